The van der Waals surface area contributed by atoms with Crippen molar-refractivity contribution < 1.29 is 13.9 Å². The fourth-order valence-corrected chi connectivity index (χ4v) is 4.63. The lowest BCUT2D eigenvalue weighted by atomic mass is 9.94. The molecule has 0 atom stereocenters. The van der Waals surface area contributed by atoms with Crippen molar-refractivity contribution >= 4 is 44.8 Å². The molecule has 0 fully saturated rings. The molecule has 4 aromatic rings. The lowest BCUT2D eigenvalue weighted by Crippen LogP contribution is -2.11. The van der Waals surface area contributed by atoms with Gasteiger partial charge in [-0.1, -0.05) is 35.9 Å². The topological polar surface area (TPSA) is 51.8 Å². The Labute approximate surface area is 195 Å². The highest BCUT2D eigenvalue weighted by molar-refractivity contribution is 9.10. The summed E-state index contributed by atoms with van der Waals surface area (Å²) in [6.07, 6.45) is 5.89. The molecule has 1 aliphatic rings. The van der Waals surface area contributed by atoms with Crippen LogP contribution in [0.25, 0.3) is 11.0 Å². The lowest BCUT2D eigenvalue weighted by Gasteiger charge is -2.13. The summed E-state index contributed by atoms with van der Waals surface area (Å²) in [5.41, 5.74) is 5.15. The van der Waals surface area contributed by atoms with Crippen LogP contribution in [0.15, 0.2) is 74.5 Å². The molecule has 3 aromatic carbocycles. The molecule has 0 saturated heterocycles. The van der Waals surface area contributed by atoms with Crippen molar-refractivity contribution in [3.05, 3.63) is 93.2 Å². The largest absolute Gasteiger partial charge is 0.461 e. The minimum absolute atomic E-state index is 0.406. The van der Waals surface area contributed by atoms with Crippen LogP contribution in [0.1, 0.15) is 45.7 Å². The maximum atomic E-state index is 13.0. The Kier molecular flexibility index (Phi) is 5.66. The summed E-state index contributed by atoms with van der Waals surface area (Å²) in [5.74, 6) is 1.07. The van der Waals surface area contributed by atoms with E-state index in [1.54, 1.807) is 18.3 Å². The second-order valence-electron chi connectivity index (χ2n) is 8.03. The summed E-state index contributed by atoms with van der Waals surface area (Å²) < 4.78 is 12.8. The second-order valence-corrected chi connectivity index (χ2v) is 8.89. The Balaban J connectivity index is 1.65. The fraction of sp³-hybridized carbons (Fsp3) is 0.185. The van der Waals surface area contributed by atoms with Gasteiger partial charge in [-0.15, -0.1) is 0 Å². The molecular weight excluding hydrogens is 466 g/mol. The van der Waals surface area contributed by atoms with Gasteiger partial charge in [-0.3, -0.25) is 4.99 Å². The summed E-state index contributed by atoms with van der Waals surface area (Å²) in [7, 11) is 0. The van der Waals surface area contributed by atoms with Crippen LogP contribution in [0.4, 0.5) is 5.69 Å². The van der Waals surface area contributed by atoms with Crippen molar-refractivity contribution in [2.75, 3.05) is 0 Å². The van der Waals surface area contributed by atoms with E-state index in [2.05, 4.69) is 20.9 Å². The van der Waals surface area contributed by atoms with Gasteiger partial charge in [0, 0.05) is 29.1 Å². The number of nitrogens with zero attached hydrogens (tertiary/aromatic N) is 1. The SMILES string of the molecule is Cc1ccc(C(=O)Oc2c(Br)cc3oc4c(c3c2C=Nc2ccccc2)CCCC4)cc1. The van der Waals surface area contributed by atoms with Crippen LogP contribution in [-0.2, 0) is 12.8 Å². The van der Waals surface area contributed by atoms with E-state index < -0.39 is 5.97 Å². The van der Waals surface area contributed by atoms with Crippen molar-refractivity contribution in [2.24, 2.45) is 4.99 Å². The standard InChI is InChI=1S/C27H22BrNO3/c1-17-11-13-18(14-12-17)27(30)32-26-21(16-29-19-7-3-2-4-8-19)25-20-9-5-6-10-23(20)31-24(25)15-22(26)28/h2-4,7-8,11-16H,5-6,9-10H2,1H3. The van der Waals surface area contributed by atoms with Gasteiger partial charge in [0.1, 0.15) is 11.3 Å². The fourth-order valence-electron chi connectivity index (χ4n) is 4.13. The summed E-state index contributed by atoms with van der Waals surface area (Å²) >= 11 is 3.60. The number of fused-ring (bicyclic) bond motifs is 3. The smallest absolute Gasteiger partial charge is 0.343 e. The first-order chi connectivity index (χ1) is 15.6. The van der Waals surface area contributed by atoms with Gasteiger partial charge in [0.15, 0.2) is 5.75 Å². The summed E-state index contributed by atoms with van der Waals surface area (Å²) in [6, 6.07) is 19.0. The molecule has 0 bridgehead atoms. The number of esters is 1. The molecule has 0 aliphatic heterocycles. The van der Waals surface area contributed by atoms with E-state index in [4.69, 9.17) is 9.15 Å². The van der Waals surface area contributed by atoms with E-state index in [1.165, 1.54) is 5.56 Å². The van der Waals surface area contributed by atoms with Gasteiger partial charge < -0.3 is 9.15 Å². The Hall–Kier alpha value is -3.18. The number of hydrogen-bond acceptors (Lipinski definition) is 4. The highest BCUT2D eigenvalue weighted by Crippen LogP contribution is 2.41. The van der Waals surface area contributed by atoms with E-state index >= 15 is 0 Å². The van der Waals surface area contributed by atoms with Crippen molar-refractivity contribution in [1.82, 2.24) is 0 Å². The van der Waals surface area contributed by atoms with Crippen molar-refractivity contribution in [1.29, 1.82) is 0 Å². The first kappa shape index (κ1) is 20.7. The average molecular weight is 488 g/mol. The van der Waals surface area contributed by atoms with Crippen LogP contribution in [0.3, 0.4) is 0 Å². The predicted molar refractivity (Wildman–Crippen MR) is 130 cm³/mol. The van der Waals surface area contributed by atoms with Gasteiger partial charge in [-0.2, -0.15) is 0 Å². The van der Waals surface area contributed by atoms with Gasteiger partial charge in [0.2, 0.25) is 0 Å². The number of aliphatic imine (C=N–C) groups is 1. The van der Waals surface area contributed by atoms with Crippen LogP contribution in [0.2, 0.25) is 0 Å². The van der Waals surface area contributed by atoms with E-state index in [0.29, 0.717) is 15.8 Å². The molecule has 5 rings (SSSR count). The number of rotatable bonds is 4. The molecule has 32 heavy (non-hydrogen) atoms. The van der Waals surface area contributed by atoms with Crippen molar-refractivity contribution in [3.63, 3.8) is 0 Å². The maximum absolute atomic E-state index is 13.0. The molecule has 1 heterocycles. The molecule has 0 radical (unpaired) electrons. The third kappa shape index (κ3) is 4.00. The van der Waals surface area contributed by atoms with Crippen LogP contribution in [0, 0.1) is 6.92 Å². The number of aryl methyl sites for hydroxylation is 3. The van der Waals surface area contributed by atoms with Gasteiger partial charge in [0.25, 0.3) is 0 Å². The third-order valence-electron chi connectivity index (χ3n) is 5.77. The minimum Gasteiger partial charge on any atom is -0.461 e. The summed E-state index contributed by atoms with van der Waals surface area (Å²) in [4.78, 5) is 17.6. The molecule has 1 aromatic heterocycles. The van der Waals surface area contributed by atoms with Crippen molar-refractivity contribution in [2.45, 2.75) is 32.6 Å². The number of carbonyl (C=O) groups is 1. The highest BCUT2D eigenvalue weighted by Gasteiger charge is 2.25. The van der Waals surface area contributed by atoms with Crippen LogP contribution in [0.5, 0.6) is 5.75 Å². The molecule has 5 heteroatoms. The molecule has 0 unspecified atom stereocenters. The van der Waals surface area contributed by atoms with Crippen molar-refractivity contribution in [3.8, 4) is 5.75 Å². The first-order valence-electron chi connectivity index (χ1n) is 10.7. The van der Waals surface area contributed by atoms with Crippen LogP contribution < -0.4 is 4.74 Å². The van der Waals surface area contributed by atoms with Gasteiger partial charge >= 0.3 is 5.97 Å². The zero-order valence-corrected chi connectivity index (χ0v) is 19.3. The Bertz CT molecular complexity index is 1320. The number of halogens is 1. The summed E-state index contributed by atoms with van der Waals surface area (Å²) in [6.45, 7) is 1.99. The molecule has 160 valence electrons. The highest BCUT2D eigenvalue weighted by atomic mass is 79.9. The minimum atomic E-state index is -0.406. The summed E-state index contributed by atoms with van der Waals surface area (Å²) in [5, 5.41) is 0.981. The van der Waals surface area contributed by atoms with Crippen LogP contribution in [-0.4, -0.2) is 12.2 Å². The number of hydrogen-bond donors (Lipinski definition) is 0. The number of benzene rings is 3. The van der Waals surface area contributed by atoms with Gasteiger partial charge in [-0.05, 0) is 72.4 Å². The number of ether oxygens (including phenoxy) is 1. The first-order valence-corrected chi connectivity index (χ1v) is 11.5. The number of para-hydroxylation sites is 1. The predicted octanol–water partition coefficient (Wildman–Crippen LogP) is 7.35. The molecule has 1 aliphatic carbocycles. The quantitative estimate of drug-likeness (QED) is 0.171. The number of furan rings is 1. The third-order valence-corrected chi connectivity index (χ3v) is 6.36. The Morgan fingerprint density at radius 1 is 1.06 bits per heavy atom. The van der Waals surface area contributed by atoms with Gasteiger partial charge in [-0.25, -0.2) is 4.79 Å². The molecule has 0 N–H and O–H groups in total. The van der Waals surface area contributed by atoms with Crippen LogP contribution >= 0.6 is 15.9 Å². The monoisotopic (exact) mass is 487 g/mol. The van der Waals surface area contributed by atoms with E-state index in [-0.39, 0.29) is 0 Å². The van der Waals surface area contributed by atoms with E-state index in [9.17, 15) is 4.79 Å². The normalized spacial score (nSPS) is 13.4. The average Bonchev–Trinajstić information content (AvgIpc) is 3.18. The number of carbonyl (C=O) groups excluding carboxylic acids is 1. The molecule has 0 spiro atoms. The van der Waals surface area contributed by atoms with Gasteiger partial charge in [0.05, 0.1) is 15.7 Å². The molecule has 0 saturated carbocycles. The molecule has 4 nitrogen and oxygen atoms in total. The Morgan fingerprint density at radius 3 is 2.59 bits per heavy atom. The molecular formula is C27H22BrNO3. The zero-order valence-electron chi connectivity index (χ0n) is 17.7. The van der Waals surface area contributed by atoms with E-state index in [1.807, 2.05) is 55.5 Å². The molecule has 0 amide bonds. The lowest BCUT2D eigenvalue weighted by molar-refractivity contribution is 0.0733. The maximum Gasteiger partial charge on any atom is 0.343 e. The van der Waals surface area contributed by atoms with E-state index in [0.717, 1.165) is 59.2 Å². The second kappa shape index (κ2) is 8.75. The Morgan fingerprint density at radius 2 is 1.81 bits per heavy atom. The zero-order chi connectivity index (χ0) is 22.1.